The molecule has 3 heteroatoms. The molecule has 2 nitrogen and oxygen atoms in total. The maximum Gasteiger partial charge on any atom is 0.109 e. The van der Waals surface area contributed by atoms with E-state index in [4.69, 9.17) is 0 Å². The zero-order chi connectivity index (χ0) is 12.0. The van der Waals surface area contributed by atoms with Crippen LogP contribution in [0.2, 0.25) is 0 Å². The molecule has 1 saturated carbocycles. The highest BCUT2D eigenvalue weighted by molar-refractivity contribution is 7.99. The van der Waals surface area contributed by atoms with Gasteiger partial charge in [0.05, 0.1) is 6.07 Å². The lowest BCUT2D eigenvalue weighted by Crippen LogP contribution is -2.47. The Balaban J connectivity index is 2.47. The first-order valence-electron chi connectivity index (χ1n) is 6.42. The molecule has 0 bridgehead atoms. The molecule has 0 radical (unpaired) electrons. The van der Waals surface area contributed by atoms with Crippen molar-refractivity contribution < 1.29 is 0 Å². The third-order valence-electron chi connectivity index (χ3n) is 3.43. The minimum Gasteiger partial charge on any atom is -0.299 e. The molecule has 1 aliphatic carbocycles. The molecule has 0 saturated heterocycles. The lowest BCUT2D eigenvalue weighted by molar-refractivity contribution is 0.317. The van der Waals surface area contributed by atoms with Crippen molar-refractivity contribution in [3.63, 3.8) is 0 Å². The molecular formula is C13H24N2S. The summed E-state index contributed by atoms with van der Waals surface area (Å²) in [5, 5.41) is 13.5. The summed E-state index contributed by atoms with van der Waals surface area (Å²) in [5.74, 6) is 1.75. The van der Waals surface area contributed by atoms with Gasteiger partial charge in [0.1, 0.15) is 5.54 Å². The summed E-state index contributed by atoms with van der Waals surface area (Å²) in [7, 11) is 0. The first kappa shape index (κ1) is 13.9. The molecule has 0 amide bonds. The third-order valence-corrected chi connectivity index (χ3v) is 4.57. The number of thioether (sulfide) groups is 1. The van der Waals surface area contributed by atoms with Crippen LogP contribution in [0.3, 0.4) is 0 Å². The number of nitriles is 1. The summed E-state index contributed by atoms with van der Waals surface area (Å²) < 4.78 is 0. The second-order valence-corrected chi connectivity index (χ2v) is 6.60. The van der Waals surface area contributed by atoms with Gasteiger partial charge in [0.25, 0.3) is 0 Å². The van der Waals surface area contributed by atoms with Crippen LogP contribution >= 0.6 is 11.8 Å². The van der Waals surface area contributed by atoms with Crippen molar-refractivity contribution in [3.8, 4) is 6.07 Å². The van der Waals surface area contributed by atoms with E-state index in [0.717, 1.165) is 13.0 Å². The van der Waals surface area contributed by atoms with Gasteiger partial charge in [-0.15, -0.1) is 0 Å². The summed E-state index contributed by atoms with van der Waals surface area (Å²) in [6.07, 6.45) is 4.65. The third kappa shape index (κ3) is 3.40. The van der Waals surface area contributed by atoms with Crippen LogP contribution in [0.4, 0.5) is 0 Å². The van der Waals surface area contributed by atoms with Gasteiger partial charge in [-0.1, -0.05) is 27.2 Å². The molecule has 0 aromatic carbocycles. The van der Waals surface area contributed by atoms with Crippen molar-refractivity contribution in [2.75, 3.05) is 12.3 Å². The van der Waals surface area contributed by atoms with Gasteiger partial charge in [-0.25, -0.2) is 0 Å². The largest absolute Gasteiger partial charge is 0.299 e. The predicted molar refractivity (Wildman–Crippen MR) is 71.6 cm³/mol. The Labute approximate surface area is 104 Å². The Bertz CT molecular complexity index is 247. The standard InChI is InChI=1S/C13H24N2S/c1-4-15-13(10-14)8-5-6-12(13)7-9-16-11(2)3/h11-12,15H,4-9H2,1-3H3. The first-order valence-corrected chi connectivity index (χ1v) is 7.47. The first-order chi connectivity index (χ1) is 7.64. The fourth-order valence-corrected chi connectivity index (χ4v) is 3.54. The van der Waals surface area contributed by atoms with Crippen LogP contribution in [-0.2, 0) is 0 Å². The highest BCUT2D eigenvalue weighted by Gasteiger charge is 2.41. The van der Waals surface area contributed by atoms with E-state index < -0.39 is 0 Å². The van der Waals surface area contributed by atoms with Gasteiger partial charge < -0.3 is 0 Å². The van der Waals surface area contributed by atoms with Crippen molar-refractivity contribution >= 4 is 11.8 Å². The number of nitrogens with zero attached hydrogens (tertiary/aromatic N) is 1. The van der Waals surface area contributed by atoms with Gasteiger partial charge in [0, 0.05) is 0 Å². The second kappa shape index (κ2) is 6.51. The molecule has 0 aromatic rings. The van der Waals surface area contributed by atoms with Gasteiger partial charge in [-0.3, -0.25) is 5.32 Å². The quantitative estimate of drug-likeness (QED) is 0.774. The van der Waals surface area contributed by atoms with Gasteiger partial charge in [-0.2, -0.15) is 17.0 Å². The molecule has 1 rings (SSSR count). The Kier molecular flexibility index (Phi) is 5.64. The Hall–Kier alpha value is -0.200. The van der Waals surface area contributed by atoms with Gasteiger partial charge in [0.15, 0.2) is 0 Å². The second-order valence-electron chi connectivity index (χ2n) is 4.91. The molecular weight excluding hydrogens is 216 g/mol. The highest BCUT2D eigenvalue weighted by Crippen LogP contribution is 2.38. The van der Waals surface area contributed by atoms with Crippen molar-refractivity contribution in [1.82, 2.24) is 5.32 Å². The maximum atomic E-state index is 9.41. The van der Waals surface area contributed by atoms with Gasteiger partial charge >= 0.3 is 0 Å². The summed E-state index contributed by atoms with van der Waals surface area (Å²) >= 11 is 2.01. The zero-order valence-corrected chi connectivity index (χ0v) is 11.6. The van der Waals surface area contributed by atoms with E-state index >= 15 is 0 Å². The minimum atomic E-state index is -0.216. The number of hydrogen-bond donors (Lipinski definition) is 1. The smallest absolute Gasteiger partial charge is 0.109 e. The molecule has 16 heavy (non-hydrogen) atoms. The van der Waals surface area contributed by atoms with Gasteiger partial charge in [0.2, 0.25) is 0 Å². The topological polar surface area (TPSA) is 35.8 Å². The Morgan fingerprint density at radius 3 is 2.88 bits per heavy atom. The summed E-state index contributed by atoms with van der Waals surface area (Å²) in [5.41, 5.74) is -0.216. The van der Waals surface area contributed by atoms with Crippen molar-refractivity contribution in [1.29, 1.82) is 5.26 Å². The minimum absolute atomic E-state index is 0.216. The van der Waals surface area contributed by atoms with Crippen LogP contribution in [0.25, 0.3) is 0 Å². The molecule has 0 heterocycles. The Morgan fingerprint density at radius 2 is 2.31 bits per heavy atom. The van der Waals surface area contributed by atoms with Crippen LogP contribution < -0.4 is 5.32 Å². The van der Waals surface area contributed by atoms with E-state index in [-0.39, 0.29) is 5.54 Å². The molecule has 1 N–H and O–H groups in total. The summed E-state index contributed by atoms with van der Waals surface area (Å²) in [6, 6.07) is 2.55. The molecule has 1 aliphatic rings. The van der Waals surface area contributed by atoms with Crippen molar-refractivity contribution in [3.05, 3.63) is 0 Å². The molecule has 1 fully saturated rings. The normalized spacial score (nSPS) is 29.6. The van der Waals surface area contributed by atoms with Crippen LogP contribution in [0, 0.1) is 17.2 Å². The lowest BCUT2D eigenvalue weighted by atomic mass is 9.86. The molecule has 0 aliphatic heterocycles. The average Bonchev–Trinajstić information content (AvgIpc) is 2.62. The molecule has 92 valence electrons. The monoisotopic (exact) mass is 240 g/mol. The average molecular weight is 240 g/mol. The highest BCUT2D eigenvalue weighted by atomic mass is 32.2. The number of nitrogens with one attached hydrogen (secondary N) is 1. The van der Waals surface area contributed by atoms with E-state index in [9.17, 15) is 5.26 Å². The van der Waals surface area contributed by atoms with E-state index in [1.54, 1.807) is 0 Å². The molecule has 2 atom stereocenters. The van der Waals surface area contributed by atoms with Crippen molar-refractivity contribution in [2.45, 2.75) is 57.2 Å². The zero-order valence-electron chi connectivity index (χ0n) is 10.8. The van der Waals surface area contributed by atoms with Crippen LogP contribution in [0.15, 0.2) is 0 Å². The van der Waals surface area contributed by atoms with Crippen LogP contribution in [0.5, 0.6) is 0 Å². The van der Waals surface area contributed by atoms with E-state index in [0.29, 0.717) is 11.2 Å². The fourth-order valence-electron chi connectivity index (χ4n) is 2.65. The lowest BCUT2D eigenvalue weighted by Gasteiger charge is -2.29. The van der Waals surface area contributed by atoms with E-state index in [1.807, 2.05) is 11.8 Å². The van der Waals surface area contributed by atoms with E-state index in [2.05, 4.69) is 32.2 Å². The molecule has 0 aromatic heterocycles. The maximum absolute atomic E-state index is 9.41. The Morgan fingerprint density at radius 1 is 1.56 bits per heavy atom. The number of rotatable bonds is 6. The number of hydrogen-bond acceptors (Lipinski definition) is 3. The van der Waals surface area contributed by atoms with Crippen LogP contribution in [0.1, 0.15) is 46.5 Å². The molecule has 0 spiro atoms. The van der Waals surface area contributed by atoms with Gasteiger partial charge in [-0.05, 0) is 42.7 Å². The van der Waals surface area contributed by atoms with Crippen molar-refractivity contribution in [2.24, 2.45) is 5.92 Å². The summed E-state index contributed by atoms with van der Waals surface area (Å²) in [6.45, 7) is 7.47. The summed E-state index contributed by atoms with van der Waals surface area (Å²) in [4.78, 5) is 0. The van der Waals surface area contributed by atoms with Crippen LogP contribution in [-0.4, -0.2) is 23.1 Å². The fraction of sp³-hybridized carbons (Fsp3) is 0.923. The SMILES string of the molecule is CCNC1(C#N)CCCC1CCSC(C)C. The molecule has 2 unspecified atom stereocenters. The van der Waals surface area contributed by atoms with E-state index in [1.165, 1.54) is 25.0 Å². The predicted octanol–water partition coefficient (Wildman–Crippen LogP) is 3.19.